The van der Waals surface area contributed by atoms with Gasteiger partial charge < -0.3 is 0 Å². The molecule has 0 aromatic heterocycles. The Balaban J connectivity index is 2.07. The quantitative estimate of drug-likeness (QED) is 0.448. The second-order valence-corrected chi connectivity index (χ2v) is 7.25. The number of nitro groups is 1. The summed E-state index contributed by atoms with van der Waals surface area (Å²) in [7, 11) is -4.13. The lowest BCUT2D eigenvalue weighted by molar-refractivity contribution is -0.384. The van der Waals surface area contributed by atoms with Crippen LogP contribution in [0.5, 0.6) is 0 Å². The zero-order valence-electron chi connectivity index (χ0n) is 12.8. The summed E-state index contributed by atoms with van der Waals surface area (Å²) in [5.41, 5.74) is -0.213. The van der Waals surface area contributed by atoms with Gasteiger partial charge in [0.1, 0.15) is 6.10 Å². The Bertz CT molecular complexity index is 676. The van der Waals surface area contributed by atoms with Crippen molar-refractivity contribution >= 4 is 21.6 Å². The highest BCUT2D eigenvalue weighted by Gasteiger charge is 2.30. The molecular weight excluding hydrogens is 322 g/mol. The number of hydrogen-bond acceptors (Lipinski definition) is 6. The average molecular weight is 341 g/mol. The molecule has 1 fully saturated rings. The molecule has 1 unspecified atom stereocenters. The Morgan fingerprint density at radius 2 is 1.78 bits per heavy atom. The third-order valence-corrected chi connectivity index (χ3v) is 5.41. The molecule has 1 aromatic carbocycles. The molecule has 1 aliphatic carbocycles. The number of Topliss-reactive ketones (excluding diaryl/α,β-unsaturated/α-hetero) is 1. The van der Waals surface area contributed by atoms with Crippen molar-refractivity contribution < 1.29 is 22.3 Å². The van der Waals surface area contributed by atoms with Crippen molar-refractivity contribution in [3.05, 3.63) is 34.4 Å². The normalized spacial score (nSPS) is 17.6. The van der Waals surface area contributed by atoms with E-state index in [1.807, 2.05) is 0 Å². The van der Waals surface area contributed by atoms with Crippen LogP contribution in [-0.2, 0) is 19.1 Å². The van der Waals surface area contributed by atoms with E-state index >= 15 is 0 Å². The predicted octanol–water partition coefficient (Wildman–Crippen LogP) is 2.84. The van der Waals surface area contributed by atoms with Crippen LogP contribution in [0.3, 0.4) is 0 Å². The minimum atomic E-state index is -4.13. The fraction of sp³-hybridized carbons (Fsp3) is 0.533. The van der Waals surface area contributed by atoms with E-state index < -0.39 is 21.1 Å². The van der Waals surface area contributed by atoms with Gasteiger partial charge in [0.05, 0.1) is 9.82 Å². The molecule has 1 atom stereocenters. The van der Waals surface area contributed by atoms with Gasteiger partial charge in [-0.2, -0.15) is 8.42 Å². The largest absolute Gasteiger partial charge is 0.297 e. The first-order chi connectivity index (χ1) is 10.8. The lowest BCUT2D eigenvalue weighted by Gasteiger charge is -2.23. The summed E-state index contributed by atoms with van der Waals surface area (Å²) in [6.45, 7) is 1.43. The molecule has 0 spiro atoms. The van der Waals surface area contributed by atoms with E-state index in [1.54, 1.807) is 0 Å². The molecule has 2 rings (SSSR count). The van der Waals surface area contributed by atoms with Crippen molar-refractivity contribution in [2.45, 2.75) is 50.0 Å². The molecule has 1 aliphatic rings. The number of carbonyl (C=O) groups is 1. The average Bonchev–Trinajstić information content (AvgIpc) is 2.54. The van der Waals surface area contributed by atoms with Crippen LogP contribution < -0.4 is 0 Å². The van der Waals surface area contributed by atoms with Gasteiger partial charge >= 0.3 is 0 Å². The lowest BCUT2D eigenvalue weighted by Crippen LogP contribution is -2.31. The molecule has 0 amide bonds. The smallest absolute Gasteiger partial charge is 0.296 e. The van der Waals surface area contributed by atoms with Crippen LogP contribution >= 0.6 is 0 Å². The van der Waals surface area contributed by atoms with Crippen LogP contribution in [0.1, 0.15) is 39.0 Å². The van der Waals surface area contributed by atoms with E-state index in [-0.39, 0.29) is 22.3 Å². The summed E-state index contributed by atoms with van der Waals surface area (Å²) in [6.07, 6.45) is 3.52. The summed E-state index contributed by atoms with van der Waals surface area (Å²) >= 11 is 0. The van der Waals surface area contributed by atoms with Crippen LogP contribution in [0, 0.1) is 16.0 Å². The van der Waals surface area contributed by atoms with Crippen LogP contribution in [-0.4, -0.2) is 25.2 Å². The standard InChI is InChI=1S/C15H19NO6S/c1-11(15(17)12-5-3-2-4-6-12)22-23(20,21)14-9-7-13(8-10-14)16(18)19/h7-12H,2-6H2,1H3. The van der Waals surface area contributed by atoms with Gasteiger partial charge in [0.2, 0.25) is 0 Å². The van der Waals surface area contributed by atoms with Crippen molar-refractivity contribution in [3.63, 3.8) is 0 Å². The van der Waals surface area contributed by atoms with Gasteiger partial charge in [-0.15, -0.1) is 0 Å². The molecule has 0 bridgehead atoms. The maximum atomic E-state index is 12.3. The van der Waals surface area contributed by atoms with Crippen molar-refractivity contribution in [2.75, 3.05) is 0 Å². The SMILES string of the molecule is CC(OS(=O)(=O)c1ccc([N+](=O)[O-])cc1)C(=O)C1CCCCC1. The van der Waals surface area contributed by atoms with E-state index in [0.717, 1.165) is 56.4 Å². The Labute approximate surface area is 134 Å². The summed E-state index contributed by atoms with van der Waals surface area (Å²) in [6, 6.07) is 4.38. The van der Waals surface area contributed by atoms with Gasteiger partial charge in [-0.1, -0.05) is 19.3 Å². The summed E-state index contributed by atoms with van der Waals surface area (Å²) in [5, 5.41) is 10.6. The van der Waals surface area contributed by atoms with Gasteiger partial charge in [0.15, 0.2) is 5.78 Å². The predicted molar refractivity (Wildman–Crippen MR) is 82.4 cm³/mol. The number of benzene rings is 1. The summed E-state index contributed by atoms with van der Waals surface area (Å²) in [5.74, 6) is -0.346. The minimum Gasteiger partial charge on any atom is -0.296 e. The Hall–Kier alpha value is -1.80. The maximum Gasteiger partial charge on any atom is 0.297 e. The molecule has 7 nitrogen and oxygen atoms in total. The van der Waals surface area contributed by atoms with E-state index in [0.29, 0.717) is 0 Å². The molecule has 0 saturated heterocycles. The Kier molecular flexibility index (Phi) is 5.48. The number of carbonyl (C=O) groups excluding carboxylic acids is 1. The number of nitrogens with zero attached hydrogens (tertiary/aromatic N) is 1. The lowest BCUT2D eigenvalue weighted by atomic mass is 9.85. The van der Waals surface area contributed by atoms with E-state index in [1.165, 1.54) is 6.92 Å². The van der Waals surface area contributed by atoms with Crippen molar-refractivity contribution in [2.24, 2.45) is 5.92 Å². The van der Waals surface area contributed by atoms with Crippen molar-refractivity contribution in [1.82, 2.24) is 0 Å². The molecule has 23 heavy (non-hydrogen) atoms. The van der Waals surface area contributed by atoms with Gasteiger partial charge in [0, 0.05) is 18.1 Å². The zero-order chi connectivity index (χ0) is 17.0. The number of hydrogen-bond donors (Lipinski definition) is 0. The second-order valence-electron chi connectivity index (χ2n) is 5.68. The van der Waals surface area contributed by atoms with Crippen LogP contribution in [0.2, 0.25) is 0 Å². The van der Waals surface area contributed by atoms with Gasteiger partial charge in [-0.05, 0) is 31.9 Å². The molecule has 0 aliphatic heterocycles. The Morgan fingerprint density at radius 1 is 1.22 bits per heavy atom. The van der Waals surface area contributed by atoms with Gasteiger partial charge in [0.25, 0.3) is 15.8 Å². The maximum absolute atomic E-state index is 12.3. The highest BCUT2D eigenvalue weighted by atomic mass is 32.2. The molecule has 0 heterocycles. The van der Waals surface area contributed by atoms with Crippen molar-refractivity contribution in [1.29, 1.82) is 0 Å². The third kappa shape index (κ3) is 4.35. The number of non-ortho nitro benzene ring substituents is 1. The highest BCUT2D eigenvalue weighted by Crippen LogP contribution is 2.27. The highest BCUT2D eigenvalue weighted by molar-refractivity contribution is 7.86. The Morgan fingerprint density at radius 3 is 2.30 bits per heavy atom. The molecule has 1 aromatic rings. The van der Waals surface area contributed by atoms with E-state index in [9.17, 15) is 23.3 Å². The van der Waals surface area contributed by atoms with Crippen molar-refractivity contribution in [3.8, 4) is 0 Å². The first-order valence-electron chi connectivity index (χ1n) is 7.53. The van der Waals surface area contributed by atoms with Crippen LogP contribution in [0.25, 0.3) is 0 Å². The number of ketones is 1. The topological polar surface area (TPSA) is 104 Å². The number of nitro benzene ring substituents is 1. The van der Waals surface area contributed by atoms with Gasteiger partial charge in [-0.25, -0.2) is 0 Å². The fourth-order valence-electron chi connectivity index (χ4n) is 2.75. The van der Waals surface area contributed by atoms with Crippen LogP contribution in [0.15, 0.2) is 29.2 Å². The summed E-state index contributed by atoms with van der Waals surface area (Å²) < 4.78 is 29.3. The first-order valence-corrected chi connectivity index (χ1v) is 8.93. The second kappa shape index (κ2) is 7.18. The molecule has 126 valence electrons. The van der Waals surface area contributed by atoms with E-state index in [2.05, 4.69) is 0 Å². The first kappa shape index (κ1) is 17.6. The fourth-order valence-corrected chi connectivity index (χ4v) is 3.80. The van der Waals surface area contributed by atoms with E-state index in [4.69, 9.17) is 4.18 Å². The summed E-state index contributed by atoms with van der Waals surface area (Å²) in [4.78, 5) is 22.0. The van der Waals surface area contributed by atoms with Crippen LogP contribution in [0.4, 0.5) is 5.69 Å². The minimum absolute atomic E-state index is 0.147. The molecule has 0 N–H and O–H groups in total. The molecule has 0 radical (unpaired) electrons. The number of rotatable bonds is 6. The monoisotopic (exact) mass is 341 g/mol. The molecule has 8 heteroatoms. The van der Waals surface area contributed by atoms with Gasteiger partial charge in [-0.3, -0.25) is 19.1 Å². The zero-order valence-corrected chi connectivity index (χ0v) is 13.6. The molecular formula is C15H19NO6S. The third-order valence-electron chi connectivity index (χ3n) is 4.02. The molecule has 1 saturated carbocycles.